The van der Waals surface area contributed by atoms with Gasteiger partial charge in [-0.3, -0.25) is 19.5 Å². The molecule has 0 radical (unpaired) electrons. The standard InChI is InChI=1S/C24H23Cl2N5O3/c1-14-12-27-21-15(22(14)31-11-10-30(24(31)34)13-19(32)29(2)3)6-4-9-18(21)28-23(33)20-16(25)7-5-8-17(20)26/h4-9,12H,10-11,13H2,1-3H3,(H,28,33). The molecular weight excluding hydrogens is 477 g/mol. The van der Waals surface area contributed by atoms with Gasteiger partial charge in [0.2, 0.25) is 5.91 Å². The number of nitrogens with zero attached hydrogens (tertiary/aromatic N) is 4. The number of pyridine rings is 1. The van der Waals surface area contributed by atoms with Crippen molar-refractivity contribution >= 4 is 63.3 Å². The van der Waals surface area contributed by atoms with Crippen LogP contribution in [-0.4, -0.2) is 66.4 Å². The zero-order valence-corrected chi connectivity index (χ0v) is 20.4. The Kier molecular flexibility index (Phi) is 6.63. The molecule has 3 aromatic rings. The van der Waals surface area contributed by atoms with Crippen molar-refractivity contribution in [1.29, 1.82) is 0 Å². The molecule has 0 unspecified atom stereocenters. The number of hydrogen-bond acceptors (Lipinski definition) is 4. The fourth-order valence-electron chi connectivity index (χ4n) is 3.91. The Bertz CT molecular complexity index is 1290. The Hall–Kier alpha value is -3.36. The number of benzene rings is 2. The maximum Gasteiger partial charge on any atom is 0.325 e. The van der Waals surface area contributed by atoms with Gasteiger partial charge < -0.3 is 15.1 Å². The SMILES string of the molecule is Cc1cnc2c(NC(=O)c3c(Cl)cccc3Cl)cccc2c1N1CCN(CC(=O)N(C)C)C1=O. The lowest BCUT2D eigenvalue weighted by Gasteiger charge is -2.23. The smallest absolute Gasteiger partial charge is 0.325 e. The maximum absolute atomic E-state index is 13.1. The van der Waals surface area contributed by atoms with Gasteiger partial charge in [0.15, 0.2) is 0 Å². The van der Waals surface area contributed by atoms with Crippen LogP contribution in [0.1, 0.15) is 15.9 Å². The highest BCUT2D eigenvalue weighted by atomic mass is 35.5. The van der Waals surface area contributed by atoms with E-state index >= 15 is 0 Å². The van der Waals surface area contributed by atoms with Crippen molar-refractivity contribution in [2.75, 3.05) is 43.9 Å². The van der Waals surface area contributed by atoms with Crippen molar-refractivity contribution in [3.63, 3.8) is 0 Å². The minimum atomic E-state index is -0.461. The summed E-state index contributed by atoms with van der Waals surface area (Å²) in [6, 6.07) is 9.97. The lowest BCUT2D eigenvalue weighted by atomic mass is 10.1. The number of rotatable bonds is 5. The van der Waals surface area contributed by atoms with Crippen LogP contribution in [0, 0.1) is 6.92 Å². The van der Waals surface area contributed by atoms with Crippen LogP contribution in [0.4, 0.5) is 16.2 Å². The van der Waals surface area contributed by atoms with Crippen LogP contribution in [0.3, 0.4) is 0 Å². The number of amides is 4. The third-order valence-corrected chi connectivity index (χ3v) is 6.31. The minimum absolute atomic E-state index is 0.0182. The lowest BCUT2D eigenvalue weighted by Crippen LogP contribution is -2.39. The van der Waals surface area contributed by atoms with Crippen LogP contribution in [0.25, 0.3) is 10.9 Å². The summed E-state index contributed by atoms with van der Waals surface area (Å²) in [4.78, 5) is 47.4. The molecule has 4 rings (SSSR count). The summed E-state index contributed by atoms with van der Waals surface area (Å²) < 4.78 is 0. The molecule has 1 fully saturated rings. The number of carbonyl (C=O) groups is 3. The van der Waals surface area contributed by atoms with Crippen LogP contribution in [0.2, 0.25) is 10.0 Å². The molecule has 1 aliphatic rings. The second-order valence-electron chi connectivity index (χ2n) is 8.19. The van der Waals surface area contributed by atoms with Gasteiger partial charge in [0.25, 0.3) is 5.91 Å². The van der Waals surface area contributed by atoms with Gasteiger partial charge in [-0.15, -0.1) is 0 Å². The van der Waals surface area contributed by atoms with Crippen molar-refractivity contribution in [1.82, 2.24) is 14.8 Å². The number of aryl methyl sites for hydroxylation is 1. The van der Waals surface area contributed by atoms with E-state index in [1.54, 1.807) is 55.5 Å². The van der Waals surface area contributed by atoms with Gasteiger partial charge in [0.1, 0.15) is 6.54 Å². The highest BCUT2D eigenvalue weighted by molar-refractivity contribution is 6.40. The summed E-state index contributed by atoms with van der Waals surface area (Å²) in [5.41, 5.74) is 2.66. The molecule has 0 aliphatic carbocycles. The molecule has 1 aromatic heterocycles. The molecule has 2 heterocycles. The van der Waals surface area contributed by atoms with Gasteiger partial charge in [-0.25, -0.2) is 4.79 Å². The zero-order valence-electron chi connectivity index (χ0n) is 18.9. The first kappa shape index (κ1) is 23.8. The molecule has 0 spiro atoms. The van der Waals surface area contributed by atoms with Crippen molar-refractivity contribution in [2.24, 2.45) is 0 Å². The third-order valence-electron chi connectivity index (χ3n) is 5.68. The number of carbonyl (C=O) groups excluding carboxylic acids is 3. The number of para-hydroxylation sites is 1. The first-order chi connectivity index (χ1) is 16.2. The van der Waals surface area contributed by atoms with Crippen LogP contribution in [-0.2, 0) is 4.79 Å². The van der Waals surface area contributed by atoms with Crippen LogP contribution in [0.5, 0.6) is 0 Å². The predicted octanol–water partition coefficient (Wildman–Crippen LogP) is 4.43. The minimum Gasteiger partial charge on any atom is -0.347 e. The van der Waals surface area contributed by atoms with E-state index in [-0.39, 0.29) is 34.1 Å². The number of fused-ring (bicyclic) bond motifs is 1. The predicted molar refractivity (Wildman–Crippen MR) is 134 cm³/mol. The third kappa shape index (κ3) is 4.38. The van der Waals surface area contributed by atoms with E-state index in [0.29, 0.717) is 35.4 Å². The van der Waals surface area contributed by atoms with Crippen LogP contribution in [0.15, 0.2) is 42.6 Å². The van der Waals surface area contributed by atoms with E-state index < -0.39 is 5.91 Å². The fraction of sp³-hybridized carbons (Fsp3) is 0.250. The molecule has 0 atom stereocenters. The Morgan fingerprint density at radius 3 is 2.44 bits per heavy atom. The Morgan fingerprint density at radius 2 is 1.76 bits per heavy atom. The monoisotopic (exact) mass is 499 g/mol. The second kappa shape index (κ2) is 9.48. The average molecular weight is 500 g/mol. The van der Waals surface area contributed by atoms with Gasteiger partial charge >= 0.3 is 6.03 Å². The summed E-state index contributed by atoms with van der Waals surface area (Å²) in [6.07, 6.45) is 1.66. The van der Waals surface area contributed by atoms with Crippen LogP contribution < -0.4 is 10.2 Å². The molecule has 10 heteroatoms. The first-order valence-corrected chi connectivity index (χ1v) is 11.3. The molecule has 0 saturated carbocycles. The highest BCUT2D eigenvalue weighted by Crippen LogP contribution is 2.35. The maximum atomic E-state index is 13.1. The number of likely N-dealkylation sites (N-methyl/N-ethyl adjacent to an activating group) is 1. The first-order valence-electron chi connectivity index (χ1n) is 10.6. The largest absolute Gasteiger partial charge is 0.347 e. The van der Waals surface area contributed by atoms with Gasteiger partial charge in [-0.1, -0.05) is 41.4 Å². The van der Waals surface area contributed by atoms with E-state index in [1.807, 2.05) is 13.0 Å². The lowest BCUT2D eigenvalue weighted by molar-refractivity contribution is -0.129. The summed E-state index contributed by atoms with van der Waals surface area (Å²) in [5.74, 6) is -0.604. The molecule has 0 bridgehead atoms. The Labute approximate surface area is 207 Å². The topological polar surface area (TPSA) is 85.8 Å². The number of nitrogens with one attached hydrogen (secondary N) is 1. The summed E-state index contributed by atoms with van der Waals surface area (Å²) >= 11 is 12.4. The number of halogens is 2. The zero-order chi connectivity index (χ0) is 24.6. The van der Waals surface area contributed by atoms with E-state index in [0.717, 1.165) is 5.56 Å². The molecule has 2 aromatic carbocycles. The number of hydrogen-bond donors (Lipinski definition) is 1. The van der Waals surface area contributed by atoms with E-state index in [4.69, 9.17) is 23.2 Å². The molecule has 1 saturated heterocycles. The normalized spacial score (nSPS) is 13.5. The van der Waals surface area contributed by atoms with Crippen molar-refractivity contribution < 1.29 is 14.4 Å². The van der Waals surface area contributed by atoms with Crippen LogP contribution >= 0.6 is 23.2 Å². The van der Waals surface area contributed by atoms with Gasteiger partial charge in [0.05, 0.1) is 32.5 Å². The quantitative estimate of drug-likeness (QED) is 0.562. The number of anilines is 2. The summed E-state index contributed by atoms with van der Waals surface area (Å²) in [7, 11) is 3.32. The van der Waals surface area contributed by atoms with E-state index in [9.17, 15) is 14.4 Å². The van der Waals surface area contributed by atoms with E-state index in [2.05, 4.69) is 10.3 Å². The summed E-state index contributed by atoms with van der Waals surface area (Å²) in [6.45, 7) is 2.76. The Balaban J connectivity index is 1.69. The van der Waals surface area contributed by atoms with Gasteiger partial charge in [-0.05, 0) is 30.7 Å². The van der Waals surface area contributed by atoms with Gasteiger partial charge in [0, 0.05) is 38.8 Å². The highest BCUT2D eigenvalue weighted by Gasteiger charge is 2.33. The number of aromatic nitrogens is 1. The fourth-order valence-corrected chi connectivity index (χ4v) is 4.48. The Morgan fingerprint density at radius 1 is 1.09 bits per heavy atom. The van der Waals surface area contributed by atoms with Crippen molar-refractivity contribution in [3.05, 3.63) is 63.8 Å². The second-order valence-corrected chi connectivity index (χ2v) is 9.00. The molecule has 1 aliphatic heterocycles. The molecule has 4 amide bonds. The molecule has 8 nitrogen and oxygen atoms in total. The van der Waals surface area contributed by atoms with E-state index in [1.165, 1.54) is 9.80 Å². The molecule has 34 heavy (non-hydrogen) atoms. The summed E-state index contributed by atoms with van der Waals surface area (Å²) in [5, 5.41) is 4.03. The number of urea groups is 1. The van der Waals surface area contributed by atoms with Gasteiger partial charge in [-0.2, -0.15) is 0 Å². The van der Waals surface area contributed by atoms with Crippen molar-refractivity contribution in [2.45, 2.75) is 6.92 Å². The average Bonchev–Trinajstić information content (AvgIpc) is 3.13. The molecule has 176 valence electrons. The molecular formula is C24H23Cl2N5O3. The molecule has 1 N–H and O–H groups in total. The van der Waals surface area contributed by atoms with Crippen molar-refractivity contribution in [3.8, 4) is 0 Å².